The van der Waals surface area contributed by atoms with Gasteiger partial charge < -0.3 is 43.1 Å². The van der Waals surface area contributed by atoms with E-state index >= 15 is 0 Å². The van der Waals surface area contributed by atoms with Crippen LogP contribution in [0.2, 0.25) is 0 Å². The fraction of sp³-hybridized carbons (Fsp3) is 0.158. The predicted molar refractivity (Wildman–Crippen MR) is 260 cm³/mol. The van der Waals surface area contributed by atoms with E-state index in [1.807, 2.05) is 72.8 Å². The van der Waals surface area contributed by atoms with Crippen molar-refractivity contribution < 1.29 is 28.4 Å². The normalized spacial score (nSPS) is 13.5. The van der Waals surface area contributed by atoms with E-state index in [-0.39, 0.29) is 19.8 Å². The number of anilines is 3. The molecule has 0 bridgehead atoms. The fourth-order valence-electron chi connectivity index (χ4n) is 8.53. The van der Waals surface area contributed by atoms with Crippen molar-refractivity contribution in [3.63, 3.8) is 0 Å². The third-order valence-corrected chi connectivity index (χ3v) is 11.9. The van der Waals surface area contributed by atoms with Crippen LogP contribution >= 0.6 is 0 Å². The lowest BCUT2D eigenvalue weighted by Gasteiger charge is -2.31. The summed E-state index contributed by atoms with van der Waals surface area (Å²) in [7, 11) is 0. The third-order valence-electron chi connectivity index (χ3n) is 11.9. The Labute approximate surface area is 385 Å². The summed E-state index contributed by atoms with van der Waals surface area (Å²) < 4.78 is 35.7. The lowest BCUT2D eigenvalue weighted by Crippen LogP contribution is -2.31. The van der Waals surface area contributed by atoms with Crippen molar-refractivity contribution in [3.05, 3.63) is 162 Å². The number of nitrogens with zero attached hydrogens (tertiary/aromatic N) is 3. The lowest BCUT2D eigenvalue weighted by molar-refractivity contribution is 0.289. The van der Waals surface area contributed by atoms with Crippen molar-refractivity contribution in [2.24, 2.45) is 0 Å². The summed E-state index contributed by atoms with van der Waals surface area (Å²) in [5.74, 6) is 12.4. The van der Waals surface area contributed by atoms with Gasteiger partial charge in [0.25, 0.3) is 0 Å². The average molecular weight is 868 g/mol. The first-order chi connectivity index (χ1) is 32.5. The number of benzene rings is 7. The molecule has 0 N–H and O–H groups in total. The average Bonchev–Trinajstić information content (AvgIpc) is 3.38. The Morgan fingerprint density at radius 2 is 0.652 bits per heavy atom. The number of rotatable bonds is 12. The fourth-order valence-corrected chi connectivity index (χ4v) is 8.53. The van der Waals surface area contributed by atoms with Gasteiger partial charge in [0.15, 0.2) is 20.2 Å². The van der Waals surface area contributed by atoms with Crippen molar-refractivity contribution >= 4 is 17.1 Å². The highest BCUT2D eigenvalue weighted by Gasteiger charge is 2.23. The van der Waals surface area contributed by atoms with E-state index in [9.17, 15) is 0 Å². The monoisotopic (exact) mass is 867 g/mol. The summed E-state index contributed by atoms with van der Waals surface area (Å²) >= 11 is 0. The largest absolute Gasteiger partial charge is 0.481 e. The van der Waals surface area contributed by atoms with Crippen LogP contribution in [-0.2, 0) is 19.6 Å². The van der Waals surface area contributed by atoms with Crippen molar-refractivity contribution in [1.82, 2.24) is 0 Å². The summed E-state index contributed by atoms with van der Waals surface area (Å²) in [5, 5.41) is 0. The van der Waals surface area contributed by atoms with Gasteiger partial charge in [-0.25, -0.2) is 0 Å². The molecule has 324 valence electrons. The Hall–Kier alpha value is -8.58. The van der Waals surface area contributed by atoms with Crippen LogP contribution in [0, 0.1) is 37.0 Å². The molecule has 9 nitrogen and oxygen atoms in total. The molecule has 66 heavy (non-hydrogen) atoms. The standard InChI is InChI=1S/C57H45N3O6/c1-4-25-61-52-16-10-49(11-17-52)58-34-46-28-40(7-22-55(46)64-37-58)43-31-44(41-8-23-56-47(29-41)35-59(38-65-56)50-12-18-53(19-13-50)62-26-5-2)33-45(32-43)42-9-24-57-48(30-42)36-60(39-66-57)51-14-20-54(21-15-51)63-27-6-3/h1-3,7-24,28-33H,25-27,34-39H2. The van der Waals surface area contributed by atoms with E-state index in [1.165, 1.54) is 0 Å². The smallest absolute Gasteiger partial charge is 0.161 e. The first-order valence-electron chi connectivity index (χ1n) is 21.7. The Balaban J connectivity index is 0.979. The van der Waals surface area contributed by atoms with E-state index in [2.05, 4.69) is 105 Å². The minimum absolute atomic E-state index is 0.227. The van der Waals surface area contributed by atoms with Gasteiger partial charge in [0.1, 0.15) is 54.3 Å². The Morgan fingerprint density at radius 1 is 0.364 bits per heavy atom. The van der Waals surface area contributed by atoms with Gasteiger partial charge in [0.2, 0.25) is 0 Å². The molecule has 0 unspecified atom stereocenters. The molecule has 0 fully saturated rings. The SMILES string of the molecule is C#CCOc1ccc(N2COc3ccc(-c4cc(-c5ccc6c(c5)CN(c5ccc(OCC#C)cc5)CO6)cc(-c5ccc6c(c5)CN(c5ccc(OCC#C)cc5)CO6)c4)cc3C2)cc1. The Kier molecular flexibility index (Phi) is 11.7. The second-order valence-corrected chi connectivity index (χ2v) is 16.1. The minimum Gasteiger partial charge on any atom is -0.481 e. The topological polar surface area (TPSA) is 65.1 Å². The molecule has 0 atom stereocenters. The molecule has 7 aromatic carbocycles. The van der Waals surface area contributed by atoms with Gasteiger partial charge in [-0.05, 0) is 161 Å². The molecule has 0 saturated heterocycles. The molecule has 0 amide bonds. The highest BCUT2D eigenvalue weighted by molar-refractivity contribution is 5.83. The van der Waals surface area contributed by atoms with Crippen LogP contribution in [0.25, 0.3) is 33.4 Å². The molecule has 0 spiro atoms. The van der Waals surface area contributed by atoms with Crippen molar-refractivity contribution in [2.45, 2.75) is 19.6 Å². The quantitative estimate of drug-likeness (QED) is 0.112. The van der Waals surface area contributed by atoms with E-state index in [0.717, 1.165) is 102 Å². The van der Waals surface area contributed by atoms with E-state index in [0.29, 0.717) is 39.8 Å². The maximum atomic E-state index is 6.30. The van der Waals surface area contributed by atoms with Crippen LogP contribution in [-0.4, -0.2) is 40.0 Å². The molecule has 3 aliphatic rings. The van der Waals surface area contributed by atoms with E-state index in [4.69, 9.17) is 47.7 Å². The maximum Gasteiger partial charge on any atom is 0.161 e. The molecule has 0 radical (unpaired) electrons. The summed E-state index contributed by atoms with van der Waals surface area (Å²) in [4.78, 5) is 6.62. The lowest BCUT2D eigenvalue weighted by atomic mass is 9.91. The first kappa shape index (κ1) is 41.4. The second kappa shape index (κ2) is 18.6. The predicted octanol–water partition coefficient (Wildman–Crippen LogP) is 10.8. The van der Waals surface area contributed by atoms with Crippen LogP contribution < -0.4 is 43.1 Å². The van der Waals surface area contributed by atoms with Gasteiger partial charge in [-0.1, -0.05) is 36.0 Å². The van der Waals surface area contributed by atoms with Crippen LogP contribution in [0.15, 0.2) is 146 Å². The van der Waals surface area contributed by atoms with Crippen molar-refractivity contribution in [1.29, 1.82) is 0 Å². The zero-order valence-electron chi connectivity index (χ0n) is 36.2. The Morgan fingerprint density at radius 3 is 0.924 bits per heavy atom. The molecule has 3 heterocycles. The van der Waals surface area contributed by atoms with E-state index < -0.39 is 0 Å². The maximum absolute atomic E-state index is 6.30. The third kappa shape index (κ3) is 8.95. The number of fused-ring (bicyclic) bond motifs is 3. The van der Waals surface area contributed by atoms with Gasteiger partial charge in [-0.2, -0.15) is 0 Å². The zero-order chi connectivity index (χ0) is 44.8. The zero-order valence-corrected chi connectivity index (χ0v) is 36.2. The molecule has 3 aliphatic heterocycles. The van der Waals surface area contributed by atoms with Crippen LogP contribution in [0.5, 0.6) is 34.5 Å². The molecule has 10 rings (SSSR count). The molecule has 7 aromatic rings. The number of ether oxygens (including phenoxy) is 6. The summed E-state index contributed by atoms with van der Waals surface area (Å²) in [5.41, 5.74) is 12.9. The molecular formula is C57H45N3O6. The van der Waals surface area contributed by atoms with Gasteiger partial charge in [-0.3, -0.25) is 0 Å². The highest BCUT2D eigenvalue weighted by atomic mass is 16.5. The number of hydrogen-bond donors (Lipinski definition) is 0. The van der Waals surface area contributed by atoms with Gasteiger partial charge in [0, 0.05) is 53.4 Å². The minimum atomic E-state index is 0.227. The summed E-state index contributed by atoms with van der Waals surface area (Å²) in [6, 6.07) is 50.1. The van der Waals surface area contributed by atoms with Crippen LogP contribution in [0.4, 0.5) is 17.1 Å². The summed E-state index contributed by atoms with van der Waals surface area (Å²) in [6.07, 6.45) is 16.2. The number of hydrogen-bond acceptors (Lipinski definition) is 9. The van der Waals surface area contributed by atoms with Crippen LogP contribution in [0.1, 0.15) is 16.7 Å². The molecular weight excluding hydrogens is 823 g/mol. The second-order valence-electron chi connectivity index (χ2n) is 16.1. The van der Waals surface area contributed by atoms with E-state index in [1.54, 1.807) is 0 Å². The van der Waals surface area contributed by atoms with Crippen LogP contribution in [0.3, 0.4) is 0 Å². The van der Waals surface area contributed by atoms with Gasteiger partial charge in [-0.15, -0.1) is 19.3 Å². The molecule has 9 heteroatoms. The first-order valence-corrected chi connectivity index (χ1v) is 21.7. The van der Waals surface area contributed by atoms with Gasteiger partial charge >= 0.3 is 0 Å². The van der Waals surface area contributed by atoms with Gasteiger partial charge in [0.05, 0.1) is 0 Å². The molecule has 0 saturated carbocycles. The van der Waals surface area contributed by atoms with Crippen molar-refractivity contribution in [2.75, 3.05) is 54.7 Å². The van der Waals surface area contributed by atoms with Crippen molar-refractivity contribution in [3.8, 4) is 105 Å². The molecule has 0 aliphatic carbocycles. The highest BCUT2D eigenvalue weighted by Crippen LogP contribution is 2.40. The summed E-state index contributed by atoms with van der Waals surface area (Å²) in [6.45, 7) is 4.05. The molecule has 0 aromatic heterocycles. The Bertz CT molecular complexity index is 2680. The number of terminal acetylenes is 3.